The van der Waals surface area contributed by atoms with E-state index >= 15 is 0 Å². The molecule has 4 aliphatic carbocycles. The van der Waals surface area contributed by atoms with Crippen molar-refractivity contribution in [2.45, 2.75) is 96.1 Å². The predicted octanol–water partition coefficient (Wildman–Crippen LogP) is 8.85. The molecule has 6 bridgehead atoms. The fourth-order valence-corrected chi connectivity index (χ4v) is 14.2. The number of H-pyrrole nitrogens is 1. The molecule has 0 amide bonds. The molecule has 288 valence electrons. The summed E-state index contributed by atoms with van der Waals surface area (Å²) >= 11 is 0. The lowest BCUT2D eigenvalue weighted by atomic mass is 9.90. The Bertz CT molecular complexity index is 2630. The van der Waals surface area contributed by atoms with Crippen LogP contribution in [0.15, 0.2) is 103 Å². The van der Waals surface area contributed by atoms with Crippen LogP contribution >= 0.6 is 0 Å². The number of hydrogen-bond acceptors (Lipinski definition) is 8. The molecule has 57 heavy (non-hydrogen) atoms. The summed E-state index contributed by atoms with van der Waals surface area (Å²) in [6, 6.07) is 17.3. The summed E-state index contributed by atoms with van der Waals surface area (Å²) in [4.78, 5) is 31.8. The molecule has 4 aliphatic heterocycles. The lowest BCUT2D eigenvalue weighted by Crippen LogP contribution is -2.70. The molecule has 2 saturated carbocycles. The predicted molar refractivity (Wildman–Crippen MR) is 226 cm³/mol. The van der Waals surface area contributed by atoms with Gasteiger partial charge in [-0.05, 0) is 63.2 Å². The Morgan fingerprint density at radius 1 is 0.684 bits per heavy atom. The summed E-state index contributed by atoms with van der Waals surface area (Å²) in [6.07, 6.45) is 24.2. The second kappa shape index (κ2) is 13.6. The molecule has 2 fully saturated rings. The summed E-state index contributed by atoms with van der Waals surface area (Å²) in [5.41, 5.74) is 8.23. The Morgan fingerprint density at radius 2 is 1.37 bits per heavy atom. The third kappa shape index (κ3) is 5.38. The van der Waals surface area contributed by atoms with Crippen LogP contribution in [-0.4, -0.2) is 53.4 Å². The van der Waals surface area contributed by atoms with Gasteiger partial charge in [0.15, 0.2) is 11.7 Å². The van der Waals surface area contributed by atoms with Gasteiger partial charge in [0.1, 0.15) is 34.6 Å². The number of nitrogens with one attached hydrogen (secondary N) is 1. The molecule has 0 spiro atoms. The topological polar surface area (TPSA) is 104 Å². The molecule has 8 aliphatic rings. The fourth-order valence-electron chi connectivity index (χ4n) is 10.6. The molecular weight excluding hydrogens is 725 g/mol. The van der Waals surface area contributed by atoms with Gasteiger partial charge in [-0.25, -0.2) is 25.0 Å². The molecule has 1 unspecified atom stereocenters. The van der Waals surface area contributed by atoms with Gasteiger partial charge < -0.3 is 13.8 Å². The second-order valence-electron chi connectivity index (χ2n) is 17.1. The average Bonchev–Trinajstić information content (AvgIpc) is 3.98. The van der Waals surface area contributed by atoms with Gasteiger partial charge in [0, 0.05) is 57.4 Å². The number of rotatable bonds is 6. The Labute approximate surface area is 333 Å². The normalized spacial score (nSPS) is 23.3. The minimum Gasteiger partial charge on any atom is -0.361 e. The van der Waals surface area contributed by atoms with Crippen LogP contribution in [-0.2, 0) is 15.3 Å². The molecule has 12 rings (SSSR count). The van der Waals surface area contributed by atoms with Crippen LogP contribution < -0.4 is 11.0 Å². The molecule has 0 radical (unpaired) electrons. The number of aromatic nitrogens is 2. The maximum Gasteiger partial charge on any atom is 0.599 e. The van der Waals surface area contributed by atoms with Crippen LogP contribution in [0, 0.1) is 11.8 Å². The van der Waals surface area contributed by atoms with E-state index in [4.69, 9.17) is 33.8 Å². The lowest BCUT2D eigenvalue weighted by molar-refractivity contribution is 0.0675. The van der Waals surface area contributed by atoms with Crippen molar-refractivity contribution in [3.8, 4) is 0 Å². The van der Waals surface area contributed by atoms with Crippen molar-refractivity contribution < 1.29 is 8.85 Å². The quantitative estimate of drug-likeness (QED) is 0.198. The van der Waals surface area contributed by atoms with Crippen molar-refractivity contribution in [3.63, 3.8) is 0 Å². The van der Waals surface area contributed by atoms with Crippen LogP contribution in [0.5, 0.6) is 0 Å². The Balaban J connectivity index is 1.24. The average molecular weight is 773 g/mol. The maximum absolute atomic E-state index is 7.90. The smallest absolute Gasteiger partial charge is 0.361 e. The first-order valence-corrected chi connectivity index (χ1v) is 23.3. The molecule has 4 aromatic rings. The monoisotopic (exact) mass is 772 g/mol. The number of aliphatic imine (C=N–C) groups is 3. The highest BCUT2D eigenvalue weighted by Crippen LogP contribution is 2.45. The van der Waals surface area contributed by atoms with E-state index in [1.807, 2.05) is 0 Å². The van der Waals surface area contributed by atoms with E-state index in [0.29, 0.717) is 30.9 Å². The zero-order chi connectivity index (χ0) is 37.5. The molecule has 0 saturated heterocycles. The van der Waals surface area contributed by atoms with Crippen molar-refractivity contribution in [2.24, 2.45) is 36.8 Å². The first-order chi connectivity index (χ1) is 28.2. The van der Waals surface area contributed by atoms with E-state index in [2.05, 4.69) is 86.6 Å². The molecule has 1 atom stereocenters. The minimum absolute atomic E-state index is 0.436. The first kappa shape index (κ1) is 34.1. The number of aromatic amines is 1. The van der Waals surface area contributed by atoms with Gasteiger partial charge in [-0.2, -0.15) is 0 Å². The SMILES string of the molecule is C1=CC2=C(CC1)C1=NC3c4ccccc4C4=Nc5[nH]c(c6c5C=CCC6)N=c5c6ccccc6c(n5[Si](OCC5CCCCC5)(OCC5CCCCC5)N43)=NC2=N1. The van der Waals surface area contributed by atoms with Gasteiger partial charge in [0.05, 0.1) is 0 Å². The molecule has 10 nitrogen and oxygen atoms in total. The number of benzene rings is 2. The fraction of sp³-hybridized carbons (Fsp3) is 0.413. The van der Waals surface area contributed by atoms with Gasteiger partial charge in [-0.15, -0.1) is 0 Å². The highest BCUT2D eigenvalue weighted by Gasteiger charge is 2.60. The summed E-state index contributed by atoms with van der Waals surface area (Å²) in [5, 5.41) is 2.03. The molecule has 2 aromatic heterocycles. The van der Waals surface area contributed by atoms with Gasteiger partial charge in [0.2, 0.25) is 0 Å². The standard InChI is InChI=1S/C46H48N8O2Si/c1-3-15-29(16-4-1)27-55-57(56-28-30-17-5-2-6-18-30)53-43-35-23-11-12-24-36(35)45(53)51-41-33-21-9-10-22-34(33)42(48-41)52-46-38-26-14-13-25-37(38)44(54(46)57)50-40-32-20-8-7-19-31(32)39(47-40)49-43/h7,10-14,19,22-26,29-30,44,48H,1-6,8-9,15-18,20-21,27-28H2. The molecule has 11 heteroatoms. The second-order valence-corrected chi connectivity index (χ2v) is 19.7. The number of allylic oxidation sites excluding steroid dienone is 2. The maximum atomic E-state index is 7.90. The summed E-state index contributed by atoms with van der Waals surface area (Å²) in [6.45, 7) is 1.18. The van der Waals surface area contributed by atoms with E-state index in [1.54, 1.807) is 0 Å². The largest absolute Gasteiger partial charge is 0.599 e. The summed E-state index contributed by atoms with van der Waals surface area (Å²) in [5.74, 6) is 4.81. The van der Waals surface area contributed by atoms with Crippen LogP contribution in [0.2, 0.25) is 0 Å². The third-order valence-electron chi connectivity index (χ3n) is 13.6. The van der Waals surface area contributed by atoms with E-state index < -0.39 is 15.0 Å². The van der Waals surface area contributed by atoms with E-state index in [1.165, 1.54) is 44.1 Å². The Morgan fingerprint density at radius 3 is 2.14 bits per heavy atom. The highest BCUT2D eigenvalue weighted by molar-refractivity contribution is 6.66. The zero-order valence-electron chi connectivity index (χ0n) is 32.4. The number of fused-ring (bicyclic) bond motifs is 14. The number of amidine groups is 3. The summed E-state index contributed by atoms with van der Waals surface area (Å²) in [7, 11) is -3.97. The van der Waals surface area contributed by atoms with Gasteiger partial charge in [0.25, 0.3) is 0 Å². The summed E-state index contributed by atoms with van der Waals surface area (Å²) < 4.78 is 20.5. The van der Waals surface area contributed by atoms with Crippen molar-refractivity contribution >= 4 is 54.9 Å². The van der Waals surface area contributed by atoms with Crippen LogP contribution in [0.3, 0.4) is 0 Å². The minimum atomic E-state index is -3.97. The van der Waals surface area contributed by atoms with Crippen molar-refractivity contribution in [3.05, 3.63) is 111 Å². The zero-order valence-corrected chi connectivity index (χ0v) is 33.4. The van der Waals surface area contributed by atoms with Crippen molar-refractivity contribution in [1.82, 2.24) is 13.8 Å². The van der Waals surface area contributed by atoms with E-state index in [9.17, 15) is 0 Å². The molecule has 1 N–H and O–H groups in total. The molecular formula is C46H48N8O2Si. The number of hydrogen-bond donors (Lipinski definition) is 1. The van der Waals surface area contributed by atoms with Crippen molar-refractivity contribution in [2.75, 3.05) is 13.2 Å². The number of nitrogens with zero attached hydrogens (tertiary/aromatic N) is 7. The Hall–Kier alpha value is -4.97. The van der Waals surface area contributed by atoms with E-state index in [-0.39, 0.29) is 0 Å². The Kier molecular flexibility index (Phi) is 8.12. The lowest BCUT2D eigenvalue weighted by Gasteiger charge is -2.42. The third-order valence-corrected chi connectivity index (χ3v) is 16.7. The van der Waals surface area contributed by atoms with E-state index in [0.717, 1.165) is 124 Å². The van der Waals surface area contributed by atoms with Crippen LogP contribution in [0.25, 0.3) is 16.8 Å². The highest BCUT2D eigenvalue weighted by atomic mass is 28.4. The van der Waals surface area contributed by atoms with Gasteiger partial charge in [-0.3, -0.25) is 8.80 Å². The van der Waals surface area contributed by atoms with Crippen molar-refractivity contribution in [1.29, 1.82) is 0 Å². The molecule has 2 aromatic carbocycles. The van der Waals surface area contributed by atoms with Crippen LogP contribution in [0.4, 0.5) is 11.6 Å². The van der Waals surface area contributed by atoms with Gasteiger partial charge in [-0.1, -0.05) is 111 Å². The first-order valence-electron chi connectivity index (χ1n) is 21.5. The van der Waals surface area contributed by atoms with Gasteiger partial charge >= 0.3 is 8.88 Å². The molecule has 6 heterocycles. The van der Waals surface area contributed by atoms with Crippen LogP contribution in [0.1, 0.15) is 112 Å².